The molecule has 0 saturated carbocycles. The van der Waals surface area contributed by atoms with E-state index >= 15 is 0 Å². The van der Waals surface area contributed by atoms with Gasteiger partial charge in [-0.3, -0.25) is 0 Å². The van der Waals surface area contributed by atoms with E-state index in [0.717, 1.165) is 13.0 Å². The predicted octanol–water partition coefficient (Wildman–Crippen LogP) is 1.90. The quantitative estimate of drug-likeness (QED) is 0.593. The Morgan fingerprint density at radius 1 is 1.65 bits per heavy atom. The van der Waals surface area contributed by atoms with Crippen LogP contribution in [0.3, 0.4) is 0 Å². The van der Waals surface area contributed by atoms with Crippen molar-refractivity contribution in [2.24, 2.45) is 0 Å². The molecule has 0 saturated heterocycles. The van der Waals surface area contributed by atoms with Crippen LogP contribution in [0, 0.1) is 0 Å². The van der Waals surface area contributed by atoms with Crippen LogP contribution in [-0.4, -0.2) is 26.2 Å². The molecular weight excluding hydrogens is 244 g/mol. The largest absolute Gasteiger partial charge is 0.490 e. The number of hydrogen-bond donors (Lipinski definition) is 2. The second-order valence-electron chi connectivity index (χ2n) is 3.64. The number of anilines is 2. The van der Waals surface area contributed by atoms with Gasteiger partial charge in [0.1, 0.15) is 11.3 Å². The highest BCUT2D eigenvalue weighted by Gasteiger charge is 2.23. The number of nitrogen functional groups attached to an aromatic ring is 1. The van der Waals surface area contributed by atoms with Crippen molar-refractivity contribution < 1.29 is 14.3 Å². The molecular formula is C11H13ClN2O3. The molecule has 0 unspecified atom stereocenters. The monoisotopic (exact) mass is 256 g/mol. The second kappa shape index (κ2) is 4.71. The van der Waals surface area contributed by atoms with Crippen LogP contribution in [-0.2, 0) is 4.74 Å². The van der Waals surface area contributed by atoms with E-state index in [9.17, 15) is 4.79 Å². The zero-order valence-electron chi connectivity index (χ0n) is 9.38. The van der Waals surface area contributed by atoms with E-state index in [2.05, 4.69) is 5.32 Å². The van der Waals surface area contributed by atoms with Crippen molar-refractivity contribution in [1.29, 1.82) is 0 Å². The first-order valence-electron chi connectivity index (χ1n) is 5.22. The molecule has 0 radical (unpaired) electrons. The van der Waals surface area contributed by atoms with Gasteiger partial charge in [0.05, 0.1) is 24.4 Å². The van der Waals surface area contributed by atoms with Gasteiger partial charge in [0.2, 0.25) is 0 Å². The van der Waals surface area contributed by atoms with Gasteiger partial charge in [-0.25, -0.2) is 4.79 Å². The van der Waals surface area contributed by atoms with E-state index in [1.165, 1.54) is 13.2 Å². The van der Waals surface area contributed by atoms with Gasteiger partial charge in [-0.2, -0.15) is 0 Å². The molecule has 0 aromatic heterocycles. The van der Waals surface area contributed by atoms with E-state index < -0.39 is 5.97 Å². The van der Waals surface area contributed by atoms with Crippen LogP contribution in [0.1, 0.15) is 16.8 Å². The molecule has 1 aromatic rings. The number of benzene rings is 1. The van der Waals surface area contributed by atoms with E-state index in [1.54, 1.807) is 0 Å². The topological polar surface area (TPSA) is 73.6 Å². The van der Waals surface area contributed by atoms with Crippen molar-refractivity contribution in [2.75, 3.05) is 31.3 Å². The van der Waals surface area contributed by atoms with Crippen LogP contribution in [0.25, 0.3) is 0 Å². The summed E-state index contributed by atoms with van der Waals surface area (Å²) in [5, 5.41) is 3.42. The molecule has 0 atom stereocenters. The van der Waals surface area contributed by atoms with Gasteiger partial charge < -0.3 is 20.5 Å². The Bertz CT molecular complexity index is 463. The smallest absolute Gasteiger partial charge is 0.341 e. The van der Waals surface area contributed by atoms with Gasteiger partial charge in [0.25, 0.3) is 0 Å². The molecule has 1 aromatic carbocycles. The number of carbonyl (C=O) groups is 1. The number of ether oxygens (including phenoxy) is 2. The first-order chi connectivity index (χ1) is 8.15. The summed E-state index contributed by atoms with van der Waals surface area (Å²) in [6.07, 6.45) is 0.826. The Morgan fingerprint density at radius 3 is 3.12 bits per heavy atom. The number of nitrogens with two attached hydrogens (primary N) is 1. The van der Waals surface area contributed by atoms with Gasteiger partial charge in [-0.05, 0) is 12.5 Å². The Kier molecular flexibility index (Phi) is 3.28. The molecule has 3 N–H and O–H groups in total. The molecule has 92 valence electrons. The minimum absolute atomic E-state index is 0.288. The molecule has 0 bridgehead atoms. The van der Waals surface area contributed by atoms with Crippen molar-refractivity contribution in [1.82, 2.24) is 0 Å². The van der Waals surface area contributed by atoms with Crippen LogP contribution in [0.5, 0.6) is 5.75 Å². The van der Waals surface area contributed by atoms with Gasteiger partial charge >= 0.3 is 5.97 Å². The fourth-order valence-corrected chi connectivity index (χ4v) is 1.90. The van der Waals surface area contributed by atoms with Crippen LogP contribution in [0.2, 0.25) is 5.02 Å². The molecule has 0 amide bonds. The lowest BCUT2D eigenvalue weighted by Gasteiger charge is -2.15. The van der Waals surface area contributed by atoms with Crippen molar-refractivity contribution in [3.63, 3.8) is 0 Å². The molecule has 0 spiro atoms. The second-order valence-corrected chi connectivity index (χ2v) is 4.05. The first kappa shape index (κ1) is 11.9. The fraction of sp³-hybridized carbons (Fsp3) is 0.364. The number of esters is 1. The van der Waals surface area contributed by atoms with E-state index in [-0.39, 0.29) is 5.56 Å². The van der Waals surface area contributed by atoms with Crippen molar-refractivity contribution in [3.05, 3.63) is 16.7 Å². The summed E-state index contributed by atoms with van der Waals surface area (Å²) in [7, 11) is 1.31. The maximum Gasteiger partial charge on any atom is 0.341 e. The zero-order chi connectivity index (χ0) is 12.4. The van der Waals surface area contributed by atoms with Crippen LogP contribution >= 0.6 is 11.6 Å². The average molecular weight is 257 g/mol. The summed E-state index contributed by atoms with van der Waals surface area (Å²) in [5.41, 5.74) is 7.10. The highest BCUT2D eigenvalue weighted by Crippen LogP contribution is 2.40. The molecule has 1 heterocycles. The maximum atomic E-state index is 11.6. The molecule has 17 heavy (non-hydrogen) atoms. The predicted molar refractivity (Wildman–Crippen MR) is 65.8 cm³/mol. The molecule has 1 aliphatic heterocycles. The maximum absolute atomic E-state index is 11.6. The zero-order valence-corrected chi connectivity index (χ0v) is 10.1. The highest BCUT2D eigenvalue weighted by atomic mass is 35.5. The number of fused-ring (bicyclic) bond motifs is 1. The third-order valence-corrected chi connectivity index (χ3v) is 2.86. The Balaban J connectivity index is 2.60. The lowest BCUT2D eigenvalue weighted by atomic mass is 10.1. The number of nitrogens with one attached hydrogen (secondary N) is 1. The molecule has 2 rings (SSSR count). The first-order valence-corrected chi connectivity index (χ1v) is 5.60. The van der Waals surface area contributed by atoms with Crippen molar-refractivity contribution in [2.45, 2.75) is 6.42 Å². The number of halogens is 1. The van der Waals surface area contributed by atoms with E-state index in [0.29, 0.717) is 28.8 Å². The highest BCUT2D eigenvalue weighted by molar-refractivity contribution is 6.34. The minimum atomic E-state index is -0.494. The Labute approximate surface area is 104 Å². The standard InChI is InChI=1S/C11H13ClN2O3/c1-16-11(15)6-5-7(12)8(13)9-10(6)17-4-2-3-14-9/h5,14H,2-4,13H2,1H3. The van der Waals surface area contributed by atoms with Gasteiger partial charge in [-0.1, -0.05) is 11.6 Å². The van der Waals surface area contributed by atoms with Crippen molar-refractivity contribution in [3.8, 4) is 5.75 Å². The molecule has 1 aliphatic rings. The normalized spacial score (nSPS) is 14.0. The summed E-state index contributed by atoms with van der Waals surface area (Å²) in [5.74, 6) is -0.0805. The van der Waals surface area contributed by atoms with Gasteiger partial charge in [0, 0.05) is 6.54 Å². The molecule has 0 aliphatic carbocycles. The summed E-state index contributed by atoms with van der Waals surface area (Å²) in [4.78, 5) is 11.6. The molecule has 6 heteroatoms. The van der Waals surface area contributed by atoms with E-state index in [1.807, 2.05) is 0 Å². The molecule has 0 fully saturated rings. The van der Waals surface area contributed by atoms with Crippen LogP contribution < -0.4 is 15.8 Å². The van der Waals surface area contributed by atoms with Gasteiger partial charge in [0.15, 0.2) is 5.75 Å². The summed E-state index contributed by atoms with van der Waals surface area (Å²) >= 11 is 5.98. The summed E-state index contributed by atoms with van der Waals surface area (Å²) in [6.45, 7) is 1.24. The number of hydrogen-bond acceptors (Lipinski definition) is 5. The number of carbonyl (C=O) groups excluding carboxylic acids is 1. The van der Waals surface area contributed by atoms with Crippen LogP contribution in [0.4, 0.5) is 11.4 Å². The SMILES string of the molecule is COC(=O)c1cc(Cl)c(N)c2c1OCCCN2. The van der Waals surface area contributed by atoms with Gasteiger partial charge in [-0.15, -0.1) is 0 Å². The third kappa shape index (κ3) is 2.10. The fourth-order valence-electron chi connectivity index (χ4n) is 1.69. The van der Waals surface area contributed by atoms with E-state index in [4.69, 9.17) is 26.8 Å². The molecule has 5 nitrogen and oxygen atoms in total. The summed E-state index contributed by atoms with van der Waals surface area (Å²) < 4.78 is 10.2. The third-order valence-electron chi connectivity index (χ3n) is 2.54. The Morgan fingerprint density at radius 2 is 2.41 bits per heavy atom. The lowest BCUT2D eigenvalue weighted by molar-refractivity contribution is 0.0596. The minimum Gasteiger partial charge on any atom is -0.490 e. The average Bonchev–Trinajstić information content (AvgIpc) is 2.58. The number of rotatable bonds is 1. The van der Waals surface area contributed by atoms with Crippen molar-refractivity contribution >= 4 is 28.9 Å². The van der Waals surface area contributed by atoms with Crippen LogP contribution in [0.15, 0.2) is 6.07 Å². The number of methoxy groups -OCH3 is 1. The summed E-state index contributed by atoms with van der Waals surface area (Å²) in [6, 6.07) is 1.47. The Hall–Kier alpha value is -1.62. The lowest BCUT2D eigenvalue weighted by Crippen LogP contribution is -2.08.